The van der Waals surface area contributed by atoms with E-state index in [1.165, 1.54) is 0 Å². The van der Waals surface area contributed by atoms with Crippen LogP contribution in [0, 0.1) is 12.8 Å². The van der Waals surface area contributed by atoms with E-state index in [-0.39, 0.29) is 18.4 Å². The Kier molecular flexibility index (Phi) is 4.49. The Hall–Kier alpha value is -1.36. The summed E-state index contributed by atoms with van der Waals surface area (Å²) in [6.45, 7) is 6.91. The number of aryl methyl sites for hydroxylation is 2. The third-order valence-electron chi connectivity index (χ3n) is 2.36. The van der Waals surface area contributed by atoms with Crippen LogP contribution in [0.15, 0.2) is 6.07 Å². The minimum absolute atomic E-state index is 0.0723. The number of amides is 1. The molecule has 0 radical (unpaired) electrons. The van der Waals surface area contributed by atoms with Gasteiger partial charge < -0.3 is 10.4 Å². The number of rotatable bonds is 5. The fraction of sp³-hybridized carbons (Fsp3) is 0.636. The normalized spacial score (nSPS) is 12.5. The summed E-state index contributed by atoms with van der Waals surface area (Å²) in [5.74, 6) is -0.0641. The molecule has 0 aromatic carbocycles. The Morgan fingerprint density at radius 3 is 2.94 bits per heavy atom. The maximum Gasteiger partial charge on any atom is 0.269 e. The predicted octanol–water partition coefficient (Wildman–Crippen LogP) is 0.570. The summed E-state index contributed by atoms with van der Waals surface area (Å²) in [6, 6.07) is 1.77. The fourth-order valence-electron chi connectivity index (χ4n) is 1.39. The monoisotopic (exact) mass is 225 g/mol. The summed E-state index contributed by atoms with van der Waals surface area (Å²) in [7, 11) is 0. The first kappa shape index (κ1) is 12.7. The molecule has 1 amide bonds. The molecular formula is C11H19N3O2. The largest absolute Gasteiger partial charge is 0.396 e. The highest BCUT2D eigenvalue weighted by atomic mass is 16.3. The van der Waals surface area contributed by atoms with Crippen LogP contribution in [0.1, 0.15) is 30.0 Å². The van der Waals surface area contributed by atoms with Gasteiger partial charge in [0, 0.05) is 19.7 Å². The number of hydrogen-bond acceptors (Lipinski definition) is 3. The molecule has 0 aliphatic carbocycles. The minimum Gasteiger partial charge on any atom is -0.396 e. The van der Waals surface area contributed by atoms with Crippen LogP contribution >= 0.6 is 0 Å². The van der Waals surface area contributed by atoms with Gasteiger partial charge in [-0.3, -0.25) is 9.48 Å². The lowest BCUT2D eigenvalue weighted by Crippen LogP contribution is -2.31. The van der Waals surface area contributed by atoms with Crippen LogP contribution in [0.2, 0.25) is 0 Å². The van der Waals surface area contributed by atoms with Crippen molar-refractivity contribution in [3.05, 3.63) is 17.5 Å². The molecular weight excluding hydrogens is 206 g/mol. The summed E-state index contributed by atoms with van der Waals surface area (Å²) >= 11 is 0. The molecule has 0 aliphatic heterocycles. The summed E-state index contributed by atoms with van der Waals surface area (Å²) in [5.41, 5.74) is 1.41. The average Bonchev–Trinajstić information content (AvgIpc) is 2.66. The molecule has 0 aliphatic rings. The van der Waals surface area contributed by atoms with Crippen LogP contribution < -0.4 is 5.32 Å². The van der Waals surface area contributed by atoms with E-state index in [4.69, 9.17) is 5.11 Å². The third kappa shape index (κ3) is 3.06. The standard InChI is InChI=1S/C11H19N3O2/c1-4-14-10(5-9(3)13-14)11(16)12-6-8(2)7-15/h5,8,15H,4,6-7H2,1-3H3,(H,12,16). The molecule has 5 nitrogen and oxygen atoms in total. The minimum atomic E-state index is -0.136. The zero-order valence-corrected chi connectivity index (χ0v) is 10.0. The lowest BCUT2D eigenvalue weighted by molar-refractivity contribution is 0.0931. The second kappa shape index (κ2) is 5.65. The van der Waals surface area contributed by atoms with Crippen molar-refractivity contribution in [3.63, 3.8) is 0 Å². The molecule has 2 N–H and O–H groups in total. The number of hydrogen-bond donors (Lipinski definition) is 2. The Balaban J connectivity index is 2.65. The van der Waals surface area contributed by atoms with Crippen molar-refractivity contribution in [2.75, 3.05) is 13.2 Å². The van der Waals surface area contributed by atoms with Gasteiger partial charge in [-0.25, -0.2) is 0 Å². The predicted molar refractivity (Wildman–Crippen MR) is 61.2 cm³/mol. The maximum atomic E-state index is 11.8. The van der Waals surface area contributed by atoms with E-state index in [0.717, 1.165) is 5.69 Å². The summed E-state index contributed by atoms with van der Waals surface area (Å²) < 4.78 is 1.67. The fourth-order valence-corrected chi connectivity index (χ4v) is 1.39. The summed E-state index contributed by atoms with van der Waals surface area (Å²) in [6.07, 6.45) is 0. The molecule has 90 valence electrons. The molecule has 0 saturated heterocycles. The van der Waals surface area contributed by atoms with E-state index in [1.807, 2.05) is 20.8 Å². The van der Waals surface area contributed by atoms with Crippen molar-refractivity contribution < 1.29 is 9.90 Å². The Morgan fingerprint density at radius 1 is 1.69 bits per heavy atom. The molecule has 1 atom stereocenters. The van der Waals surface area contributed by atoms with Crippen molar-refractivity contribution in [2.24, 2.45) is 5.92 Å². The first-order chi connectivity index (χ1) is 7.58. The van der Waals surface area contributed by atoms with Gasteiger partial charge in [-0.2, -0.15) is 5.10 Å². The SMILES string of the molecule is CCn1nc(C)cc1C(=O)NCC(C)CO. The molecule has 1 aromatic heterocycles. The smallest absolute Gasteiger partial charge is 0.269 e. The van der Waals surface area contributed by atoms with Gasteiger partial charge in [0.25, 0.3) is 5.91 Å². The van der Waals surface area contributed by atoms with Crippen LogP contribution in [0.25, 0.3) is 0 Å². The van der Waals surface area contributed by atoms with Gasteiger partial charge in [0.1, 0.15) is 5.69 Å². The molecule has 1 aromatic rings. The number of carbonyl (C=O) groups excluding carboxylic acids is 1. The highest BCUT2D eigenvalue weighted by molar-refractivity contribution is 5.92. The van der Waals surface area contributed by atoms with Crippen molar-refractivity contribution in [1.29, 1.82) is 0 Å². The van der Waals surface area contributed by atoms with Crippen molar-refractivity contribution in [2.45, 2.75) is 27.3 Å². The molecule has 5 heteroatoms. The van der Waals surface area contributed by atoms with Crippen molar-refractivity contribution in [1.82, 2.24) is 15.1 Å². The number of aliphatic hydroxyl groups is 1. The van der Waals surface area contributed by atoms with Gasteiger partial charge in [-0.15, -0.1) is 0 Å². The number of carbonyl (C=O) groups is 1. The molecule has 0 saturated carbocycles. The number of nitrogens with zero attached hydrogens (tertiary/aromatic N) is 2. The van der Waals surface area contributed by atoms with E-state index >= 15 is 0 Å². The third-order valence-corrected chi connectivity index (χ3v) is 2.36. The topological polar surface area (TPSA) is 67.2 Å². The van der Waals surface area contributed by atoms with Gasteiger partial charge >= 0.3 is 0 Å². The van der Waals surface area contributed by atoms with E-state index in [0.29, 0.717) is 18.8 Å². The molecule has 16 heavy (non-hydrogen) atoms. The Morgan fingerprint density at radius 2 is 2.38 bits per heavy atom. The van der Waals surface area contributed by atoms with Crippen molar-refractivity contribution in [3.8, 4) is 0 Å². The first-order valence-corrected chi connectivity index (χ1v) is 5.52. The van der Waals surface area contributed by atoms with Gasteiger partial charge in [0.2, 0.25) is 0 Å². The second-order valence-corrected chi connectivity index (χ2v) is 3.98. The van der Waals surface area contributed by atoms with Crippen LogP contribution in [0.3, 0.4) is 0 Å². The maximum absolute atomic E-state index is 11.8. The number of aliphatic hydroxyl groups excluding tert-OH is 1. The van der Waals surface area contributed by atoms with Gasteiger partial charge in [-0.1, -0.05) is 6.92 Å². The molecule has 0 fully saturated rings. The van der Waals surface area contributed by atoms with Gasteiger partial charge in [-0.05, 0) is 25.8 Å². The highest BCUT2D eigenvalue weighted by Crippen LogP contribution is 2.03. The molecule has 0 bridgehead atoms. The van der Waals surface area contributed by atoms with Crippen molar-refractivity contribution >= 4 is 5.91 Å². The lowest BCUT2D eigenvalue weighted by atomic mass is 10.2. The van der Waals surface area contributed by atoms with Crippen LogP contribution in [0.5, 0.6) is 0 Å². The zero-order valence-electron chi connectivity index (χ0n) is 10.0. The molecule has 0 spiro atoms. The van der Waals surface area contributed by atoms with E-state index < -0.39 is 0 Å². The molecule has 1 rings (SSSR count). The van der Waals surface area contributed by atoms with Gasteiger partial charge in [0.15, 0.2) is 0 Å². The summed E-state index contributed by atoms with van der Waals surface area (Å²) in [5, 5.41) is 15.8. The Labute approximate surface area is 95.5 Å². The number of aromatic nitrogens is 2. The second-order valence-electron chi connectivity index (χ2n) is 3.98. The van der Waals surface area contributed by atoms with E-state index in [1.54, 1.807) is 10.7 Å². The quantitative estimate of drug-likeness (QED) is 0.770. The first-order valence-electron chi connectivity index (χ1n) is 5.52. The molecule has 1 unspecified atom stereocenters. The lowest BCUT2D eigenvalue weighted by Gasteiger charge is -2.10. The summed E-state index contributed by atoms with van der Waals surface area (Å²) in [4.78, 5) is 11.8. The zero-order chi connectivity index (χ0) is 12.1. The Bertz CT molecular complexity index is 360. The van der Waals surface area contributed by atoms with Crippen LogP contribution in [-0.4, -0.2) is 33.9 Å². The van der Waals surface area contributed by atoms with E-state index in [9.17, 15) is 4.79 Å². The van der Waals surface area contributed by atoms with Crippen LogP contribution in [-0.2, 0) is 6.54 Å². The van der Waals surface area contributed by atoms with Gasteiger partial charge in [0.05, 0.1) is 5.69 Å². The molecule has 1 heterocycles. The van der Waals surface area contributed by atoms with Crippen LogP contribution in [0.4, 0.5) is 0 Å². The van der Waals surface area contributed by atoms with E-state index in [2.05, 4.69) is 10.4 Å². The number of nitrogens with one attached hydrogen (secondary N) is 1. The average molecular weight is 225 g/mol. The highest BCUT2D eigenvalue weighted by Gasteiger charge is 2.13.